The molecule has 4 rings (SSSR count). The van der Waals surface area contributed by atoms with E-state index in [-0.39, 0.29) is 17.3 Å². The van der Waals surface area contributed by atoms with Crippen molar-refractivity contribution in [3.63, 3.8) is 0 Å². The van der Waals surface area contributed by atoms with Crippen LogP contribution >= 0.6 is 34.7 Å². The highest BCUT2D eigenvalue weighted by Crippen LogP contribution is 2.32. The molecule has 0 unspecified atom stereocenters. The van der Waals surface area contributed by atoms with Crippen LogP contribution in [0.5, 0.6) is 0 Å². The summed E-state index contributed by atoms with van der Waals surface area (Å²) in [6.07, 6.45) is 0. The van der Waals surface area contributed by atoms with E-state index in [0.29, 0.717) is 16.5 Å². The number of nitrogens with zero attached hydrogens (tertiary/aromatic N) is 4. The predicted molar refractivity (Wildman–Crippen MR) is 92.2 cm³/mol. The Labute approximate surface area is 142 Å². The number of fused-ring (bicyclic) bond motifs is 2. The molecule has 0 saturated heterocycles. The molecule has 7 nitrogen and oxygen atoms in total. The summed E-state index contributed by atoms with van der Waals surface area (Å²) in [6.45, 7) is 0. The summed E-state index contributed by atoms with van der Waals surface area (Å²) >= 11 is 9.06. The molecule has 23 heavy (non-hydrogen) atoms. The van der Waals surface area contributed by atoms with Crippen molar-refractivity contribution in [2.45, 2.75) is 10.1 Å². The van der Waals surface area contributed by atoms with Gasteiger partial charge in [-0.2, -0.15) is 9.50 Å². The van der Waals surface area contributed by atoms with Gasteiger partial charge in [-0.05, 0) is 18.2 Å². The van der Waals surface area contributed by atoms with Crippen LogP contribution < -0.4 is 11.3 Å². The Morgan fingerprint density at radius 3 is 3.04 bits per heavy atom. The summed E-state index contributed by atoms with van der Waals surface area (Å²) in [5.74, 6) is 0.940. The molecule has 0 radical (unpaired) electrons. The van der Waals surface area contributed by atoms with Gasteiger partial charge in [-0.3, -0.25) is 9.89 Å². The standard InChI is InChI=1S/C13H9ClN6OS2/c14-6-1-2-9-8(3-6)17-13(23-9)22-5-7-4-10(21)20-12(16-7)18-11(15)19-20/h1-4H,5H2,(H3,15,16,18,19). The number of nitrogens with two attached hydrogens (primary N) is 1. The minimum atomic E-state index is -0.245. The fraction of sp³-hybridized carbons (Fsp3) is 0.0769. The van der Waals surface area contributed by atoms with Crippen LogP contribution in [0.15, 0.2) is 33.4 Å². The third-order valence-corrected chi connectivity index (χ3v) is 5.52. The molecule has 0 fully saturated rings. The number of H-pyrrole nitrogens is 1. The van der Waals surface area contributed by atoms with Crippen LogP contribution in [0.4, 0.5) is 5.95 Å². The maximum Gasteiger partial charge on any atom is 0.274 e. The predicted octanol–water partition coefficient (Wildman–Crippen LogP) is 2.56. The van der Waals surface area contributed by atoms with Gasteiger partial charge in [0.15, 0.2) is 4.34 Å². The average Bonchev–Trinajstić information content (AvgIpc) is 3.07. The SMILES string of the molecule is Nc1nc2nc(CSc3nc4cc(Cl)ccc4s3)cc(=O)n2[nH]1. The maximum absolute atomic E-state index is 12.0. The number of rotatable bonds is 3. The molecule has 116 valence electrons. The zero-order valence-corrected chi connectivity index (χ0v) is 13.9. The number of aromatic nitrogens is 5. The quantitative estimate of drug-likeness (QED) is 0.542. The molecule has 4 aromatic rings. The summed E-state index contributed by atoms with van der Waals surface area (Å²) in [5, 5.41) is 3.29. The van der Waals surface area contributed by atoms with E-state index in [1.807, 2.05) is 18.2 Å². The monoisotopic (exact) mass is 364 g/mol. The number of nitrogens with one attached hydrogen (secondary N) is 1. The van der Waals surface area contributed by atoms with Crippen molar-refractivity contribution in [2.75, 3.05) is 5.73 Å². The lowest BCUT2D eigenvalue weighted by Gasteiger charge is -1.98. The summed E-state index contributed by atoms with van der Waals surface area (Å²) < 4.78 is 3.18. The van der Waals surface area contributed by atoms with E-state index in [2.05, 4.69) is 20.1 Å². The molecule has 0 amide bonds. The number of nitrogen functional groups attached to an aromatic ring is 1. The first-order chi connectivity index (χ1) is 11.1. The van der Waals surface area contributed by atoms with E-state index in [9.17, 15) is 4.79 Å². The first-order valence-electron chi connectivity index (χ1n) is 6.51. The van der Waals surface area contributed by atoms with Crippen molar-refractivity contribution in [1.82, 2.24) is 24.6 Å². The van der Waals surface area contributed by atoms with Crippen LogP contribution in [-0.4, -0.2) is 24.6 Å². The van der Waals surface area contributed by atoms with Crippen molar-refractivity contribution in [1.29, 1.82) is 0 Å². The van der Waals surface area contributed by atoms with Crippen LogP contribution in [0.1, 0.15) is 5.69 Å². The van der Waals surface area contributed by atoms with E-state index in [0.717, 1.165) is 14.6 Å². The lowest BCUT2D eigenvalue weighted by Crippen LogP contribution is -2.15. The average molecular weight is 365 g/mol. The number of aromatic amines is 1. The number of hydrogen-bond donors (Lipinski definition) is 2. The largest absolute Gasteiger partial charge is 0.368 e. The highest BCUT2D eigenvalue weighted by molar-refractivity contribution is 8.00. The molecule has 1 aromatic carbocycles. The first kappa shape index (κ1) is 14.5. The van der Waals surface area contributed by atoms with Crippen LogP contribution in [0.3, 0.4) is 0 Å². The van der Waals surface area contributed by atoms with Crippen LogP contribution in [0, 0.1) is 0 Å². The fourth-order valence-electron chi connectivity index (χ4n) is 2.09. The van der Waals surface area contributed by atoms with Crippen LogP contribution in [0.25, 0.3) is 16.0 Å². The minimum Gasteiger partial charge on any atom is -0.368 e. The number of thioether (sulfide) groups is 1. The number of anilines is 1. The summed E-state index contributed by atoms with van der Waals surface area (Å²) in [7, 11) is 0. The molecule has 0 saturated carbocycles. The molecule has 3 N–H and O–H groups in total. The fourth-order valence-corrected chi connectivity index (χ4v) is 4.20. The summed E-state index contributed by atoms with van der Waals surface area (Å²) in [4.78, 5) is 24.8. The molecule has 0 spiro atoms. The van der Waals surface area contributed by atoms with Crippen LogP contribution in [-0.2, 0) is 5.75 Å². The van der Waals surface area contributed by atoms with E-state index in [1.54, 1.807) is 11.3 Å². The molecule has 0 aliphatic carbocycles. The summed E-state index contributed by atoms with van der Waals surface area (Å²) in [5.41, 5.74) is 6.79. The topological polar surface area (TPSA) is 102 Å². The van der Waals surface area contributed by atoms with Gasteiger partial charge < -0.3 is 5.73 Å². The molecule has 0 aliphatic heterocycles. The van der Waals surface area contributed by atoms with E-state index in [4.69, 9.17) is 17.3 Å². The normalized spacial score (nSPS) is 11.5. The smallest absolute Gasteiger partial charge is 0.274 e. The second-order valence-corrected chi connectivity index (χ2v) is 7.40. The van der Waals surface area contributed by atoms with Gasteiger partial charge >= 0.3 is 0 Å². The Morgan fingerprint density at radius 1 is 1.30 bits per heavy atom. The molecule has 3 aromatic heterocycles. The summed E-state index contributed by atoms with van der Waals surface area (Å²) in [6, 6.07) is 7.08. The van der Waals surface area contributed by atoms with Gasteiger partial charge in [0.2, 0.25) is 5.95 Å². The van der Waals surface area contributed by atoms with Crippen molar-refractivity contribution < 1.29 is 0 Å². The Kier molecular flexibility index (Phi) is 3.47. The number of thiazole rings is 1. The Hall–Kier alpha value is -2.10. The van der Waals surface area contributed by atoms with Crippen molar-refractivity contribution in [3.8, 4) is 0 Å². The molecule has 10 heteroatoms. The molecule has 0 bridgehead atoms. The molecule has 0 atom stereocenters. The number of halogens is 1. The van der Waals surface area contributed by atoms with E-state index >= 15 is 0 Å². The molecular formula is C13H9ClN6OS2. The van der Waals surface area contributed by atoms with Crippen LogP contribution in [0.2, 0.25) is 5.02 Å². The van der Waals surface area contributed by atoms with Gasteiger partial charge in [-0.1, -0.05) is 23.4 Å². The van der Waals surface area contributed by atoms with Gasteiger partial charge in [0.1, 0.15) is 0 Å². The second kappa shape index (κ2) is 5.52. The van der Waals surface area contributed by atoms with Gasteiger partial charge in [-0.25, -0.2) is 9.97 Å². The van der Waals surface area contributed by atoms with Crippen molar-refractivity contribution >= 4 is 56.6 Å². The number of hydrogen-bond acceptors (Lipinski definition) is 7. The zero-order valence-electron chi connectivity index (χ0n) is 11.5. The minimum absolute atomic E-state index is 0.155. The molecule has 3 heterocycles. The lowest BCUT2D eigenvalue weighted by molar-refractivity contribution is 0.891. The lowest BCUT2D eigenvalue weighted by atomic mass is 10.3. The van der Waals surface area contributed by atoms with Crippen molar-refractivity contribution in [3.05, 3.63) is 45.3 Å². The van der Waals surface area contributed by atoms with Gasteiger partial charge in [0, 0.05) is 16.8 Å². The second-order valence-electron chi connectivity index (χ2n) is 4.71. The number of benzene rings is 1. The van der Waals surface area contributed by atoms with Gasteiger partial charge in [0.05, 0.1) is 15.9 Å². The Balaban J connectivity index is 1.61. The first-order valence-corrected chi connectivity index (χ1v) is 8.69. The maximum atomic E-state index is 12.0. The highest BCUT2D eigenvalue weighted by Gasteiger charge is 2.09. The Morgan fingerprint density at radius 2 is 2.17 bits per heavy atom. The third kappa shape index (κ3) is 2.78. The van der Waals surface area contributed by atoms with E-state index < -0.39 is 0 Å². The Bertz CT molecular complexity index is 1090. The zero-order chi connectivity index (χ0) is 16.0. The van der Waals surface area contributed by atoms with Gasteiger partial charge in [-0.15, -0.1) is 11.3 Å². The molecule has 0 aliphatic rings. The molecular weight excluding hydrogens is 356 g/mol. The highest BCUT2D eigenvalue weighted by atomic mass is 35.5. The van der Waals surface area contributed by atoms with Gasteiger partial charge in [0.25, 0.3) is 11.3 Å². The van der Waals surface area contributed by atoms with Crippen molar-refractivity contribution in [2.24, 2.45) is 0 Å². The third-order valence-electron chi connectivity index (χ3n) is 3.07. The van der Waals surface area contributed by atoms with E-state index in [1.165, 1.54) is 22.3 Å².